The number of carbonyl (C=O) groups is 1. The first kappa shape index (κ1) is 13.7. The fourth-order valence-corrected chi connectivity index (χ4v) is 2.10. The molecule has 1 aliphatic heterocycles. The molecule has 0 saturated heterocycles. The molecule has 5 nitrogen and oxygen atoms in total. The van der Waals surface area contributed by atoms with Gasteiger partial charge in [0.05, 0.1) is 0 Å². The molecule has 2 rings (SSSR count). The Morgan fingerprint density at radius 3 is 2.79 bits per heavy atom. The van der Waals surface area contributed by atoms with Crippen molar-refractivity contribution in [2.75, 3.05) is 13.2 Å². The predicted octanol–water partition coefficient (Wildman–Crippen LogP) is 1.66. The van der Waals surface area contributed by atoms with Crippen LogP contribution in [0.3, 0.4) is 0 Å². The molecule has 0 amide bonds. The lowest BCUT2D eigenvalue weighted by atomic mass is 10.0. The maximum atomic E-state index is 11.1. The van der Waals surface area contributed by atoms with Crippen molar-refractivity contribution in [3.05, 3.63) is 23.8 Å². The van der Waals surface area contributed by atoms with E-state index >= 15 is 0 Å². The highest BCUT2D eigenvalue weighted by Gasteiger charge is 2.22. The number of carboxylic acids is 1. The van der Waals surface area contributed by atoms with Gasteiger partial charge in [-0.25, -0.2) is 0 Å². The number of nitrogens with one attached hydrogen (secondary N) is 1. The van der Waals surface area contributed by atoms with Crippen LogP contribution in [0.25, 0.3) is 0 Å². The van der Waals surface area contributed by atoms with E-state index in [0.29, 0.717) is 25.5 Å². The molecule has 0 saturated carbocycles. The number of benzene rings is 1. The van der Waals surface area contributed by atoms with Crippen LogP contribution in [0.5, 0.6) is 11.5 Å². The Hall–Kier alpha value is -1.75. The second-order valence-corrected chi connectivity index (χ2v) is 4.88. The first-order valence-electron chi connectivity index (χ1n) is 6.43. The quantitative estimate of drug-likeness (QED) is 0.847. The van der Waals surface area contributed by atoms with E-state index in [1.54, 1.807) is 0 Å². The highest BCUT2D eigenvalue weighted by atomic mass is 16.6. The second kappa shape index (κ2) is 5.93. The molecule has 1 aromatic carbocycles. The van der Waals surface area contributed by atoms with Crippen LogP contribution in [-0.2, 0) is 11.3 Å². The topological polar surface area (TPSA) is 67.8 Å². The van der Waals surface area contributed by atoms with Crippen LogP contribution in [0, 0.1) is 5.92 Å². The molecule has 0 aliphatic carbocycles. The summed E-state index contributed by atoms with van der Waals surface area (Å²) in [5, 5.41) is 12.2. The molecule has 1 aromatic rings. The third-order valence-corrected chi connectivity index (χ3v) is 3.09. The van der Waals surface area contributed by atoms with Gasteiger partial charge < -0.3 is 14.6 Å². The number of hydrogen-bond acceptors (Lipinski definition) is 4. The number of hydrogen-bond donors (Lipinski definition) is 2. The highest BCUT2D eigenvalue weighted by molar-refractivity contribution is 5.73. The fraction of sp³-hybridized carbons (Fsp3) is 0.500. The number of carboxylic acid groups (broad SMARTS) is 1. The van der Waals surface area contributed by atoms with Crippen LogP contribution in [0.1, 0.15) is 19.4 Å². The maximum Gasteiger partial charge on any atom is 0.320 e. The van der Waals surface area contributed by atoms with Crippen LogP contribution in [0.2, 0.25) is 0 Å². The number of ether oxygens (including phenoxy) is 2. The Morgan fingerprint density at radius 1 is 1.37 bits per heavy atom. The van der Waals surface area contributed by atoms with Crippen molar-refractivity contribution in [2.45, 2.75) is 26.4 Å². The van der Waals surface area contributed by atoms with Gasteiger partial charge in [0.1, 0.15) is 19.3 Å². The molecule has 0 radical (unpaired) electrons. The number of fused-ring (bicyclic) bond motifs is 1. The predicted molar refractivity (Wildman–Crippen MR) is 70.5 cm³/mol. The van der Waals surface area contributed by atoms with Gasteiger partial charge in [0.25, 0.3) is 0 Å². The average Bonchev–Trinajstić information content (AvgIpc) is 2.38. The summed E-state index contributed by atoms with van der Waals surface area (Å²) in [4.78, 5) is 11.1. The summed E-state index contributed by atoms with van der Waals surface area (Å²) in [6.45, 7) is 5.28. The molecule has 1 heterocycles. The zero-order valence-electron chi connectivity index (χ0n) is 11.2. The van der Waals surface area contributed by atoms with Crippen LogP contribution < -0.4 is 14.8 Å². The highest BCUT2D eigenvalue weighted by Crippen LogP contribution is 2.33. The van der Waals surface area contributed by atoms with Crippen molar-refractivity contribution in [1.82, 2.24) is 5.32 Å². The van der Waals surface area contributed by atoms with Gasteiger partial charge in [-0.3, -0.25) is 10.1 Å². The Balaban J connectivity index is 2.09. The van der Waals surface area contributed by atoms with E-state index < -0.39 is 12.0 Å². The lowest BCUT2D eigenvalue weighted by Gasteiger charge is -2.23. The Kier molecular flexibility index (Phi) is 4.27. The average molecular weight is 265 g/mol. The number of aliphatic carboxylic acids is 1. The SMILES string of the molecule is CC(C)[C@H](NCc1cccc2c1OCCO2)C(=O)O. The molecule has 1 aliphatic rings. The van der Waals surface area contributed by atoms with Crippen molar-refractivity contribution in [3.63, 3.8) is 0 Å². The molecule has 0 fully saturated rings. The van der Waals surface area contributed by atoms with Crippen LogP contribution in [0.15, 0.2) is 18.2 Å². The molecule has 5 heteroatoms. The van der Waals surface area contributed by atoms with Crippen molar-refractivity contribution in [2.24, 2.45) is 5.92 Å². The van der Waals surface area contributed by atoms with E-state index in [0.717, 1.165) is 11.3 Å². The van der Waals surface area contributed by atoms with Crippen LogP contribution >= 0.6 is 0 Å². The first-order chi connectivity index (χ1) is 9.09. The van der Waals surface area contributed by atoms with Gasteiger partial charge >= 0.3 is 5.97 Å². The minimum atomic E-state index is -0.836. The van der Waals surface area contributed by atoms with Crippen LogP contribution in [-0.4, -0.2) is 30.3 Å². The fourth-order valence-electron chi connectivity index (χ4n) is 2.10. The minimum Gasteiger partial charge on any atom is -0.486 e. The first-order valence-corrected chi connectivity index (χ1v) is 6.43. The molecule has 2 N–H and O–H groups in total. The Morgan fingerprint density at radius 2 is 2.11 bits per heavy atom. The summed E-state index contributed by atoms with van der Waals surface area (Å²) in [5.41, 5.74) is 0.920. The molecule has 0 aromatic heterocycles. The molecular formula is C14H19NO4. The zero-order chi connectivity index (χ0) is 13.8. The summed E-state index contributed by atoms with van der Waals surface area (Å²) in [6.07, 6.45) is 0. The monoisotopic (exact) mass is 265 g/mol. The summed E-state index contributed by atoms with van der Waals surface area (Å²) in [6, 6.07) is 5.09. The molecule has 19 heavy (non-hydrogen) atoms. The smallest absolute Gasteiger partial charge is 0.320 e. The normalized spacial score (nSPS) is 15.3. The van der Waals surface area contributed by atoms with Gasteiger partial charge in [-0.15, -0.1) is 0 Å². The molecule has 104 valence electrons. The van der Waals surface area contributed by atoms with E-state index in [2.05, 4.69) is 5.32 Å². The van der Waals surface area contributed by atoms with Gasteiger partial charge in [0, 0.05) is 12.1 Å². The van der Waals surface area contributed by atoms with E-state index in [9.17, 15) is 4.79 Å². The summed E-state index contributed by atoms with van der Waals surface area (Å²) in [7, 11) is 0. The largest absolute Gasteiger partial charge is 0.486 e. The van der Waals surface area contributed by atoms with Gasteiger partial charge in [0.2, 0.25) is 0 Å². The van der Waals surface area contributed by atoms with Gasteiger partial charge in [-0.05, 0) is 12.0 Å². The zero-order valence-corrected chi connectivity index (χ0v) is 11.2. The number of rotatable bonds is 5. The van der Waals surface area contributed by atoms with Crippen molar-refractivity contribution >= 4 is 5.97 Å². The van der Waals surface area contributed by atoms with E-state index in [1.807, 2.05) is 32.0 Å². The molecule has 0 spiro atoms. The second-order valence-electron chi connectivity index (χ2n) is 4.88. The van der Waals surface area contributed by atoms with E-state index in [-0.39, 0.29) is 5.92 Å². The molecular weight excluding hydrogens is 246 g/mol. The van der Waals surface area contributed by atoms with Crippen molar-refractivity contribution in [3.8, 4) is 11.5 Å². The summed E-state index contributed by atoms with van der Waals surface area (Å²) >= 11 is 0. The van der Waals surface area contributed by atoms with E-state index in [1.165, 1.54) is 0 Å². The third-order valence-electron chi connectivity index (χ3n) is 3.09. The van der Waals surface area contributed by atoms with Gasteiger partial charge in [-0.1, -0.05) is 26.0 Å². The molecule has 0 bridgehead atoms. The van der Waals surface area contributed by atoms with Gasteiger partial charge in [-0.2, -0.15) is 0 Å². The lowest BCUT2D eigenvalue weighted by molar-refractivity contribution is -0.140. The maximum absolute atomic E-state index is 11.1. The summed E-state index contributed by atoms with van der Waals surface area (Å²) in [5.74, 6) is 0.627. The van der Waals surface area contributed by atoms with Crippen molar-refractivity contribution in [1.29, 1.82) is 0 Å². The molecule has 0 unspecified atom stereocenters. The lowest BCUT2D eigenvalue weighted by Crippen LogP contribution is -2.40. The standard InChI is InChI=1S/C14H19NO4/c1-9(2)12(14(16)17)15-8-10-4-3-5-11-13(10)19-7-6-18-11/h3-5,9,12,15H,6-8H2,1-2H3,(H,16,17)/t12-/m0/s1. The van der Waals surface area contributed by atoms with Crippen LogP contribution in [0.4, 0.5) is 0 Å². The molecule has 1 atom stereocenters. The Bertz CT molecular complexity index is 459. The van der Waals surface area contributed by atoms with Crippen molar-refractivity contribution < 1.29 is 19.4 Å². The Labute approximate surface area is 112 Å². The van der Waals surface area contributed by atoms with E-state index in [4.69, 9.17) is 14.6 Å². The third kappa shape index (κ3) is 3.17. The van der Waals surface area contributed by atoms with Gasteiger partial charge in [0.15, 0.2) is 11.5 Å². The number of para-hydroxylation sites is 1. The minimum absolute atomic E-state index is 0.0224. The summed E-state index contributed by atoms with van der Waals surface area (Å²) < 4.78 is 11.1.